The number of aryl methyl sites for hydroxylation is 1. The van der Waals surface area contributed by atoms with Crippen molar-refractivity contribution in [1.29, 1.82) is 5.26 Å². The Hall–Kier alpha value is -4.25. The van der Waals surface area contributed by atoms with Crippen LogP contribution in [-0.4, -0.2) is 26.3 Å². The van der Waals surface area contributed by atoms with Crippen LogP contribution in [0.1, 0.15) is 57.5 Å². The fraction of sp³-hybridized carbons (Fsp3) is 0.345. The third-order valence-electron chi connectivity index (χ3n) is 6.79. The maximum absolute atomic E-state index is 12.0. The average molecular weight is 498 g/mol. The van der Waals surface area contributed by atoms with Crippen LogP contribution >= 0.6 is 0 Å². The van der Waals surface area contributed by atoms with E-state index in [-0.39, 0.29) is 6.10 Å². The van der Waals surface area contributed by atoms with Crippen LogP contribution in [0.4, 0.5) is 10.5 Å². The number of rotatable bonds is 8. The molecule has 5 rings (SSSR count). The van der Waals surface area contributed by atoms with E-state index < -0.39 is 6.09 Å². The highest BCUT2D eigenvalue weighted by molar-refractivity contribution is 5.96. The maximum atomic E-state index is 12.0. The van der Waals surface area contributed by atoms with Crippen LogP contribution in [0.5, 0.6) is 5.75 Å². The van der Waals surface area contributed by atoms with Crippen molar-refractivity contribution in [3.05, 3.63) is 66.2 Å². The molecular weight excluding hydrogens is 466 g/mol. The molecule has 1 saturated carbocycles. The van der Waals surface area contributed by atoms with Gasteiger partial charge >= 0.3 is 6.09 Å². The van der Waals surface area contributed by atoms with Gasteiger partial charge in [0, 0.05) is 42.1 Å². The lowest BCUT2D eigenvalue weighted by atomic mass is 9.92. The van der Waals surface area contributed by atoms with Gasteiger partial charge in [0.15, 0.2) is 0 Å². The van der Waals surface area contributed by atoms with Crippen LogP contribution in [0.2, 0.25) is 0 Å². The van der Waals surface area contributed by atoms with Crippen LogP contribution in [0.25, 0.3) is 22.2 Å². The van der Waals surface area contributed by atoms with E-state index >= 15 is 0 Å². The first-order chi connectivity index (χ1) is 18.0. The van der Waals surface area contributed by atoms with Crippen molar-refractivity contribution >= 4 is 22.7 Å². The Bertz CT molecular complexity index is 1460. The molecular formula is C29H31N5O3. The quantitative estimate of drug-likeness (QED) is 0.294. The molecule has 1 aliphatic rings. The van der Waals surface area contributed by atoms with Crippen LogP contribution in [0.3, 0.4) is 0 Å². The number of nitriles is 1. The van der Waals surface area contributed by atoms with Crippen molar-refractivity contribution in [3.8, 4) is 23.1 Å². The van der Waals surface area contributed by atoms with E-state index in [1.165, 1.54) is 6.42 Å². The highest BCUT2D eigenvalue weighted by Gasteiger charge is 2.28. The summed E-state index contributed by atoms with van der Waals surface area (Å²) in [5.74, 6) is 1.62. The number of carbonyl (C=O) groups excluding carboxylic acids is 1. The molecule has 1 fully saturated rings. The van der Waals surface area contributed by atoms with Gasteiger partial charge in [0.05, 0.1) is 22.9 Å². The summed E-state index contributed by atoms with van der Waals surface area (Å²) >= 11 is 0. The smallest absolute Gasteiger partial charge is 0.411 e. The van der Waals surface area contributed by atoms with Gasteiger partial charge < -0.3 is 18.6 Å². The fourth-order valence-electron chi connectivity index (χ4n) is 4.79. The first-order valence-corrected chi connectivity index (χ1v) is 12.8. The zero-order valence-corrected chi connectivity index (χ0v) is 21.4. The number of fused-ring (bicyclic) bond motifs is 1. The van der Waals surface area contributed by atoms with Gasteiger partial charge in [-0.05, 0) is 69.9 Å². The first kappa shape index (κ1) is 24.4. The summed E-state index contributed by atoms with van der Waals surface area (Å²) in [4.78, 5) is 16.4. The second-order valence-electron chi connectivity index (χ2n) is 9.54. The van der Waals surface area contributed by atoms with Gasteiger partial charge in [-0.2, -0.15) is 5.26 Å². The first-order valence-electron chi connectivity index (χ1n) is 12.8. The molecule has 0 saturated heterocycles. The number of nitrogens with one attached hydrogen (secondary N) is 1. The number of aromatic nitrogens is 3. The lowest BCUT2D eigenvalue weighted by molar-refractivity contribution is 0.130. The largest absolute Gasteiger partial charge is 0.486 e. The van der Waals surface area contributed by atoms with Gasteiger partial charge in [0.1, 0.15) is 24.3 Å². The summed E-state index contributed by atoms with van der Waals surface area (Å²) in [5.41, 5.74) is 4.11. The number of ether oxygens (including phenoxy) is 2. The minimum Gasteiger partial charge on any atom is -0.486 e. The Morgan fingerprint density at radius 1 is 1.22 bits per heavy atom. The third kappa shape index (κ3) is 4.90. The molecule has 0 radical (unpaired) electrons. The van der Waals surface area contributed by atoms with E-state index in [0.717, 1.165) is 53.1 Å². The van der Waals surface area contributed by atoms with E-state index in [1.807, 2.05) is 62.5 Å². The van der Waals surface area contributed by atoms with Crippen LogP contribution in [-0.2, 0) is 17.9 Å². The van der Waals surface area contributed by atoms with Gasteiger partial charge in [0.2, 0.25) is 0 Å². The summed E-state index contributed by atoms with van der Waals surface area (Å²) in [5, 5.41) is 13.9. The van der Waals surface area contributed by atoms with Crippen molar-refractivity contribution in [1.82, 2.24) is 14.1 Å². The SMILES string of the molecule is CCn1ccnc1COc1ccc2c(C#N)c(-c3ccc(NC(=O)OC(C)C)cc3)n(C3CCC3)c2c1. The topological polar surface area (TPSA) is 94.1 Å². The van der Waals surface area contributed by atoms with Crippen molar-refractivity contribution in [2.45, 2.75) is 65.3 Å². The molecule has 8 heteroatoms. The number of amides is 1. The Balaban J connectivity index is 1.50. The molecule has 0 bridgehead atoms. The van der Waals surface area contributed by atoms with Gasteiger partial charge in [0.25, 0.3) is 0 Å². The Labute approximate surface area is 216 Å². The summed E-state index contributed by atoms with van der Waals surface area (Å²) < 4.78 is 15.7. The molecule has 2 aromatic carbocycles. The predicted octanol–water partition coefficient (Wildman–Crippen LogP) is 6.66. The molecule has 1 aliphatic carbocycles. The summed E-state index contributed by atoms with van der Waals surface area (Å²) in [6.45, 7) is 6.91. The van der Waals surface area contributed by atoms with Crippen LogP contribution in [0, 0.1) is 11.3 Å². The van der Waals surface area contributed by atoms with Gasteiger partial charge in [-0.25, -0.2) is 9.78 Å². The normalized spacial score (nSPS) is 13.4. The van der Waals surface area contributed by atoms with Gasteiger partial charge in [-0.15, -0.1) is 0 Å². The maximum Gasteiger partial charge on any atom is 0.411 e. The molecule has 8 nitrogen and oxygen atoms in total. The Morgan fingerprint density at radius 2 is 2.00 bits per heavy atom. The minimum atomic E-state index is -0.488. The zero-order valence-electron chi connectivity index (χ0n) is 21.4. The molecule has 190 valence electrons. The fourth-order valence-corrected chi connectivity index (χ4v) is 4.79. The molecule has 4 aromatic rings. The molecule has 0 aliphatic heterocycles. The highest BCUT2D eigenvalue weighted by atomic mass is 16.6. The molecule has 0 atom stereocenters. The number of carbonyl (C=O) groups is 1. The predicted molar refractivity (Wildman–Crippen MR) is 142 cm³/mol. The molecule has 0 spiro atoms. The van der Waals surface area contributed by atoms with Crippen LogP contribution < -0.4 is 10.1 Å². The van der Waals surface area contributed by atoms with Crippen molar-refractivity contribution < 1.29 is 14.3 Å². The van der Waals surface area contributed by atoms with Crippen molar-refractivity contribution in [3.63, 3.8) is 0 Å². The minimum absolute atomic E-state index is 0.196. The van der Waals surface area contributed by atoms with Gasteiger partial charge in [-0.1, -0.05) is 12.1 Å². The molecule has 0 unspecified atom stereocenters. The lowest BCUT2D eigenvalue weighted by Gasteiger charge is -2.30. The van der Waals surface area contributed by atoms with E-state index in [9.17, 15) is 10.1 Å². The summed E-state index contributed by atoms with van der Waals surface area (Å²) in [6.07, 6.45) is 6.36. The highest BCUT2D eigenvalue weighted by Crippen LogP contribution is 2.43. The second-order valence-corrected chi connectivity index (χ2v) is 9.54. The van der Waals surface area contributed by atoms with Gasteiger partial charge in [-0.3, -0.25) is 5.32 Å². The average Bonchev–Trinajstić information content (AvgIpc) is 3.43. The molecule has 1 amide bonds. The number of imidazole rings is 1. The lowest BCUT2D eigenvalue weighted by Crippen LogP contribution is -2.18. The third-order valence-corrected chi connectivity index (χ3v) is 6.79. The van der Waals surface area contributed by atoms with E-state index in [1.54, 1.807) is 6.20 Å². The number of anilines is 1. The van der Waals surface area contributed by atoms with E-state index in [4.69, 9.17) is 9.47 Å². The van der Waals surface area contributed by atoms with E-state index in [2.05, 4.69) is 32.4 Å². The standard InChI is InChI=1S/C29H31N5O3/c1-4-33-15-14-31-27(33)18-36-23-12-13-24-25(17-30)28(34(26(24)16-23)22-6-5-7-22)20-8-10-21(11-9-20)32-29(35)37-19(2)3/h8-16,19,22H,4-7,18H2,1-3H3,(H,32,35). The summed E-state index contributed by atoms with van der Waals surface area (Å²) in [7, 11) is 0. The number of benzene rings is 2. The second kappa shape index (κ2) is 10.4. The molecule has 1 N–H and O–H groups in total. The van der Waals surface area contributed by atoms with E-state index in [0.29, 0.717) is 23.9 Å². The molecule has 2 heterocycles. The Morgan fingerprint density at radius 3 is 2.65 bits per heavy atom. The molecule has 37 heavy (non-hydrogen) atoms. The number of hydrogen-bond donors (Lipinski definition) is 1. The Kier molecular flexibility index (Phi) is 6.87. The zero-order chi connectivity index (χ0) is 25.9. The summed E-state index contributed by atoms with van der Waals surface area (Å²) in [6, 6.07) is 16.3. The molecule has 2 aromatic heterocycles. The number of nitrogens with zero attached hydrogens (tertiary/aromatic N) is 4. The number of hydrogen-bond acceptors (Lipinski definition) is 5. The van der Waals surface area contributed by atoms with Crippen LogP contribution in [0.15, 0.2) is 54.9 Å². The van der Waals surface area contributed by atoms with Crippen molar-refractivity contribution in [2.24, 2.45) is 0 Å². The van der Waals surface area contributed by atoms with Crippen molar-refractivity contribution in [2.75, 3.05) is 5.32 Å². The monoisotopic (exact) mass is 497 g/mol.